The van der Waals surface area contributed by atoms with Crippen molar-refractivity contribution >= 4 is 38.6 Å². The average Bonchev–Trinajstić information content (AvgIpc) is 3.14. The summed E-state index contributed by atoms with van der Waals surface area (Å²) in [5, 5.41) is 3.26. The third-order valence-corrected chi connectivity index (χ3v) is 5.31. The van der Waals surface area contributed by atoms with Gasteiger partial charge in [0.05, 0.1) is 22.4 Å². The third kappa shape index (κ3) is 4.32. The van der Waals surface area contributed by atoms with Gasteiger partial charge in [-0.05, 0) is 42.8 Å². The van der Waals surface area contributed by atoms with E-state index in [4.69, 9.17) is 14.2 Å². The molecule has 0 fully saturated rings. The molecule has 0 unspecified atom stereocenters. The number of nitrogens with zero attached hydrogens (tertiary/aromatic N) is 1. The van der Waals surface area contributed by atoms with Gasteiger partial charge in [0.1, 0.15) is 13.2 Å². The number of ether oxygens (including phenoxy) is 3. The first-order chi connectivity index (χ1) is 14.1. The van der Waals surface area contributed by atoms with E-state index in [1.807, 2.05) is 6.92 Å². The maximum atomic E-state index is 12.6. The quantitative estimate of drug-likeness (QED) is 0.480. The van der Waals surface area contributed by atoms with Crippen LogP contribution >= 0.6 is 11.3 Å². The Morgan fingerprint density at radius 3 is 2.72 bits per heavy atom. The van der Waals surface area contributed by atoms with Crippen molar-refractivity contribution < 1.29 is 23.8 Å². The SMILES string of the molecule is CCCCOC(=O)c1ccc2nc(NC(=O)c3ccc4c(c3)OCCO4)sc2c1. The number of rotatable bonds is 6. The van der Waals surface area contributed by atoms with Crippen molar-refractivity contribution in [3.8, 4) is 11.5 Å². The van der Waals surface area contributed by atoms with Gasteiger partial charge < -0.3 is 14.2 Å². The van der Waals surface area contributed by atoms with Gasteiger partial charge in [0.2, 0.25) is 0 Å². The highest BCUT2D eigenvalue weighted by Crippen LogP contribution is 2.32. The Kier molecular flexibility index (Phi) is 5.62. The Morgan fingerprint density at radius 1 is 1.10 bits per heavy atom. The van der Waals surface area contributed by atoms with E-state index in [-0.39, 0.29) is 11.9 Å². The van der Waals surface area contributed by atoms with E-state index in [0.717, 1.165) is 17.5 Å². The summed E-state index contributed by atoms with van der Waals surface area (Å²) in [6.45, 7) is 3.41. The Bertz CT molecular complexity index is 1060. The number of fused-ring (bicyclic) bond motifs is 2. The predicted molar refractivity (Wildman–Crippen MR) is 110 cm³/mol. The van der Waals surface area contributed by atoms with Crippen LogP contribution in [0.5, 0.6) is 11.5 Å². The molecule has 2 heterocycles. The van der Waals surface area contributed by atoms with Crippen LogP contribution in [0.2, 0.25) is 0 Å². The van der Waals surface area contributed by atoms with Crippen molar-refractivity contribution in [2.75, 3.05) is 25.1 Å². The number of hydrogen-bond donors (Lipinski definition) is 1. The van der Waals surface area contributed by atoms with E-state index in [0.29, 0.717) is 53.1 Å². The first-order valence-electron chi connectivity index (χ1n) is 9.43. The van der Waals surface area contributed by atoms with Crippen LogP contribution in [0.1, 0.15) is 40.5 Å². The lowest BCUT2D eigenvalue weighted by molar-refractivity contribution is 0.0500. The van der Waals surface area contributed by atoms with E-state index in [1.165, 1.54) is 11.3 Å². The fourth-order valence-corrected chi connectivity index (χ4v) is 3.75. The van der Waals surface area contributed by atoms with Crippen LogP contribution in [-0.4, -0.2) is 36.7 Å². The zero-order chi connectivity index (χ0) is 20.2. The second kappa shape index (κ2) is 8.48. The topological polar surface area (TPSA) is 86.8 Å². The standard InChI is InChI=1S/C21H20N2O5S/c1-2-3-8-28-20(25)14-4-6-15-18(12-14)29-21(22-15)23-19(24)13-5-7-16-17(11-13)27-10-9-26-16/h4-7,11-12H,2-3,8-10H2,1H3,(H,22,23,24). The highest BCUT2D eigenvalue weighted by molar-refractivity contribution is 7.22. The summed E-state index contributed by atoms with van der Waals surface area (Å²) < 4.78 is 17.0. The Balaban J connectivity index is 1.48. The highest BCUT2D eigenvalue weighted by atomic mass is 32.1. The van der Waals surface area contributed by atoms with Crippen molar-refractivity contribution in [2.24, 2.45) is 0 Å². The molecule has 1 N–H and O–H groups in total. The summed E-state index contributed by atoms with van der Waals surface area (Å²) in [5.41, 5.74) is 1.63. The number of amides is 1. The number of unbranched alkanes of at least 4 members (excludes halogenated alkanes) is 1. The maximum Gasteiger partial charge on any atom is 0.338 e. The fourth-order valence-electron chi connectivity index (χ4n) is 2.85. The van der Waals surface area contributed by atoms with Gasteiger partial charge in [-0.2, -0.15) is 0 Å². The van der Waals surface area contributed by atoms with Crippen molar-refractivity contribution in [1.29, 1.82) is 0 Å². The largest absolute Gasteiger partial charge is 0.486 e. The Morgan fingerprint density at radius 2 is 1.90 bits per heavy atom. The van der Waals surface area contributed by atoms with Gasteiger partial charge in [0.15, 0.2) is 16.6 Å². The minimum atomic E-state index is -0.351. The molecule has 0 aliphatic carbocycles. The Labute approximate surface area is 171 Å². The van der Waals surface area contributed by atoms with E-state index in [9.17, 15) is 9.59 Å². The van der Waals surface area contributed by atoms with Crippen LogP contribution in [0, 0.1) is 0 Å². The molecule has 0 radical (unpaired) electrons. The van der Waals surface area contributed by atoms with Gasteiger partial charge in [-0.15, -0.1) is 0 Å². The summed E-state index contributed by atoms with van der Waals surface area (Å²) in [7, 11) is 0. The summed E-state index contributed by atoms with van der Waals surface area (Å²) in [6.07, 6.45) is 1.80. The van der Waals surface area contributed by atoms with Crippen molar-refractivity contribution in [3.63, 3.8) is 0 Å². The molecule has 0 bridgehead atoms. The minimum absolute atomic E-state index is 0.291. The van der Waals surface area contributed by atoms with E-state index in [1.54, 1.807) is 36.4 Å². The molecule has 0 spiro atoms. The molecular formula is C21H20N2O5S. The van der Waals surface area contributed by atoms with Crippen LogP contribution in [-0.2, 0) is 4.74 Å². The first kappa shape index (κ1) is 19.2. The molecule has 0 saturated carbocycles. The molecule has 2 aromatic carbocycles. The molecule has 1 aliphatic rings. The van der Waals surface area contributed by atoms with E-state index >= 15 is 0 Å². The number of anilines is 1. The lowest BCUT2D eigenvalue weighted by atomic mass is 10.2. The van der Waals surface area contributed by atoms with E-state index in [2.05, 4.69) is 10.3 Å². The highest BCUT2D eigenvalue weighted by Gasteiger charge is 2.17. The van der Waals surface area contributed by atoms with Crippen molar-refractivity contribution in [3.05, 3.63) is 47.5 Å². The number of carbonyl (C=O) groups is 2. The normalized spacial score (nSPS) is 12.6. The molecule has 4 rings (SSSR count). The number of thiazole rings is 1. The molecule has 150 valence electrons. The van der Waals surface area contributed by atoms with Crippen molar-refractivity contribution in [1.82, 2.24) is 4.98 Å². The van der Waals surface area contributed by atoms with Crippen LogP contribution in [0.4, 0.5) is 5.13 Å². The molecule has 7 nitrogen and oxygen atoms in total. The number of nitrogens with one attached hydrogen (secondary N) is 1. The molecule has 0 saturated heterocycles. The summed E-state index contributed by atoms with van der Waals surface area (Å²) in [6, 6.07) is 10.2. The van der Waals surface area contributed by atoms with Crippen LogP contribution in [0.25, 0.3) is 10.2 Å². The summed E-state index contributed by atoms with van der Waals surface area (Å²) in [4.78, 5) is 29.1. The number of aromatic nitrogens is 1. The van der Waals surface area contributed by atoms with Gasteiger partial charge >= 0.3 is 5.97 Å². The molecule has 1 aliphatic heterocycles. The summed E-state index contributed by atoms with van der Waals surface area (Å²) >= 11 is 1.30. The van der Waals surface area contributed by atoms with Gasteiger partial charge in [-0.3, -0.25) is 10.1 Å². The number of hydrogen-bond acceptors (Lipinski definition) is 7. The zero-order valence-corrected chi connectivity index (χ0v) is 16.7. The third-order valence-electron chi connectivity index (χ3n) is 4.38. The lowest BCUT2D eigenvalue weighted by Gasteiger charge is -2.18. The Hall–Kier alpha value is -3.13. The van der Waals surface area contributed by atoms with Gasteiger partial charge in [-0.1, -0.05) is 24.7 Å². The van der Waals surface area contributed by atoms with E-state index < -0.39 is 0 Å². The van der Waals surface area contributed by atoms with Crippen molar-refractivity contribution in [2.45, 2.75) is 19.8 Å². The lowest BCUT2D eigenvalue weighted by Crippen LogP contribution is -2.17. The number of benzene rings is 2. The number of carbonyl (C=O) groups excluding carboxylic acids is 2. The molecule has 29 heavy (non-hydrogen) atoms. The fraction of sp³-hybridized carbons (Fsp3) is 0.286. The molecule has 8 heteroatoms. The maximum absolute atomic E-state index is 12.6. The monoisotopic (exact) mass is 412 g/mol. The molecule has 3 aromatic rings. The predicted octanol–water partition coefficient (Wildman–Crippen LogP) is 4.28. The van der Waals surface area contributed by atoms with Crippen LogP contribution in [0.3, 0.4) is 0 Å². The van der Waals surface area contributed by atoms with Gasteiger partial charge in [0.25, 0.3) is 5.91 Å². The molecule has 1 aromatic heterocycles. The molecule has 0 atom stereocenters. The second-order valence-corrected chi connectivity index (χ2v) is 7.53. The summed E-state index contributed by atoms with van der Waals surface area (Å²) in [5.74, 6) is 0.543. The molecular weight excluding hydrogens is 392 g/mol. The van der Waals surface area contributed by atoms with Gasteiger partial charge in [-0.25, -0.2) is 9.78 Å². The van der Waals surface area contributed by atoms with Crippen LogP contribution < -0.4 is 14.8 Å². The van der Waals surface area contributed by atoms with Gasteiger partial charge in [0, 0.05) is 5.56 Å². The smallest absolute Gasteiger partial charge is 0.338 e. The minimum Gasteiger partial charge on any atom is -0.486 e. The average molecular weight is 412 g/mol. The first-order valence-corrected chi connectivity index (χ1v) is 10.2. The molecule has 1 amide bonds. The van der Waals surface area contributed by atoms with Crippen LogP contribution in [0.15, 0.2) is 36.4 Å². The number of esters is 1. The zero-order valence-electron chi connectivity index (χ0n) is 15.9. The second-order valence-electron chi connectivity index (χ2n) is 6.50.